The molecule has 0 saturated carbocycles. The lowest BCUT2D eigenvalue weighted by atomic mass is 9.96. The minimum absolute atomic E-state index is 0.574. The number of aryl methyl sites for hydroxylation is 3. The molecule has 8 aromatic rings. The van der Waals surface area contributed by atoms with Crippen LogP contribution in [0.4, 0.5) is 0 Å². The maximum Gasteiger partial charge on any atom is 0.101 e. The van der Waals surface area contributed by atoms with Gasteiger partial charge in [0.2, 0.25) is 0 Å². The molecule has 0 atom stereocenters. The molecule has 0 aliphatic carbocycles. The van der Waals surface area contributed by atoms with Gasteiger partial charge in [-0.3, -0.25) is 0 Å². The van der Waals surface area contributed by atoms with Crippen molar-refractivity contribution < 1.29 is 0 Å². The van der Waals surface area contributed by atoms with E-state index in [0.717, 1.165) is 82.8 Å². The zero-order chi connectivity index (χ0) is 30.8. The van der Waals surface area contributed by atoms with Crippen LogP contribution >= 0.6 is 0 Å². The Kier molecular flexibility index (Phi) is 5.88. The first-order valence-corrected chi connectivity index (χ1v) is 15.1. The molecule has 0 N–H and O–H groups in total. The molecule has 0 spiro atoms. The van der Waals surface area contributed by atoms with Crippen molar-refractivity contribution >= 4 is 43.6 Å². The standard InChI is InChI=1S/C41H28N4/c1-25-12-14-33-31-8-4-6-10-36(31)44(39(33)18-25)38-22-35(29-17-27(3)16-28(20-29)23-42)41(21-30(38)24-43)45-37-11-7-5-9-32(37)34-15-13-26(2)19-40(34)45/h4-22H,1-3H3. The quantitative estimate of drug-likeness (QED) is 0.210. The molecule has 0 bridgehead atoms. The Morgan fingerprint density at radius 3 is 1.60 bits per heavy atom. The lowest BCUT2D eigenvalue weighted by Crippen LogP contribution is -2.04. The highest BCUT2D eigenvalue weighted by atomic mass is 15.0. The number of benzene rings is 6. The second-order valence-corrected chi connectivity index (χ2v) is 11.9. The predicted octanol–water partition coefficient (Wildman–Crippen LogP) is 10.2. The lowest BCUT2D eigenvalue weighted by Gasteiger charge is -2.19. The molecule has 45 heavy (non-hydrogen) atoms. The minimum atomic E-state index is 0.574. The third-order valence-corrected chi connectivity index (χ3v) is 8.89. The van der Waals surface area contributed by atoms with Crippen molar-refractivity contribution in [1.29, 1.82) is 10.5 Å². The molecule has 0 unspecified atom stereocenters. The molecular weight excluding hydrogens is 548 g/mol. The van der Waals surface area contributed by atoms with Crippen molar-refractivity contribution in [2.75, 3.05) is 0 Å². The summed E-state index contributed by atoms with van der Waals surface area (Å²) in [6.07, 6.45) is 0. The van der Waals surface area contributed by atoms with Crippen LogP contribution in [0.5, 0.6) is 0 Å². The van der Waals surface area contributed by atoms with Crippen molar-refractivity contribution in [2.24, 2.45) is 0 Å². The van der Waals surface area contributed by atoms with Crippen LogP contribution in [-0.4, -0.2) is 9.13 Å². The third kappa shape index (κ3) is 4.04. The van der Waals surface area contributed by atoms with Crippen molar-refractivity contribution in [3.63, 3.8) is 0 Å². The van der Waals surface area contributed by atoms with E-state index in [1.165, 1.54) is 0 Å². The van der Waals surface area contributed by atoms with Gasteiger partial charge in [0, 0.05) is 27.1 Å². The van der Waals surface area contributed by atoms with Crippen LogP contribution in [-0.2, 0) is 0 Å². The Bertz CT molecular complexity index is 2600. The van der Waals surface area contributed by atoms with E-state index in [1.807, 2.05) is 31.2 Å². The number of nitrogens with zero attached hydrogens (tertiary/aromatic N) is 4. The van der Waals surface area contributed by atoms with Gasteiger partial charge in [-0.25, -0.2) is 0 Å². The number of hydrogen-bond donors (Lipinski definition) is 0. The highest BCUT2D eigenvalue weighted by Crippen LogP contribution is 2.41. The zero-order valence-electron chi connectivity index (χ0n) is 25.3. The normalized spacial score (nSPS) is 11.4. The molecule has 4 nitrogen and oxygen atoms in total. The Morgan fingerprint density at radius 2 is 1.02 bits per heavy atom. The van der Waals surface area contributed by atoms with Gasteiger partial charge < -0.3 is 9.13 Å². The van der Waals surface area contributed by atoms with Gasteiger partial charge in [0.15, 0.2) is 0 Å². The van der Waals surface area contributed by atoms with Crippen LogP contribution in [0.15, 0.2) is 115 Å². The number of fused-ring (bicyclic) bond motifs is 6. The molecule has 2 heterocycles. The fraction of sp³-hybridized carbons (Fsp3) is 0.0732. The summed E-state index contributed by atoms with van der Waals surface area (Å²) in [6, 6.07) is 44.9. The second-order valence-electron chi connectivity index (χ2n) is 11.9. The number of nitriles is 2. The molecule has 6 aromatic carbocycles. The van der Waals surface area contributed by atoms with E-state index in [-0.39, 0.29) is 0 Å². The van der Waals surface area contributed by atoms with Crippen molar-refractivity contribution in [2.45, 2.75) is 20.8 Å². The first-order valence-electron chi connectivity index (χ1n) is 15.1. The fourth-order valence-corrected chi connectivity index (χ4v) is 6.95. The molecule has 0 aliphatic heterocycles. The molecule has 2 aromatic heterocycles. The Hall–Kier alpha value is -6.10. The lowest BCUT2D eigenvalue weighted by molar-refractivity contribution is 1.13. The van der Waals surface area contributed by atoms with Crippen LogP contribution in [0.25, 0.3) is 66.1 Å². The van der Waals surface area contributed by atoms with Gasteiger partial charge in [-0.15, -0.1) is 0 Å². The summed E-state index contributed by atoms with van der Waals surface area (Å²) in [6.45, 7) is 6.23. The molecule has 0 amide bonds. The van der Waals surface area contributed by atoms with Gasteiger partial charge in [0.25, 0.3) is 0 Å². The summed E-state index contributed by atoms with van der Waals surface area (Å²) in [5.74, 6) is 0. The molecule has 0 radical (unpaired) electrons. The molecule has 8 rings (SSSR count). The second kappa shape index (κ2) is 9.98. The Balaban J connectivity index is 1.56. The number of rotatable bonds is 3. The van der Waals surface area contributed by atoms with E-state index < -0.39 is 0 Å². The highest BCUT2D eigenvalue weighted by Gasteiger charge is 2.22. The average molecular weight is 577 g/mol. The Morgan fingerprint density at radius 1 is 0.467 bits per heavy atom. The van der Waals surface area contributed by atoms with E-state index >= 15 is 0 Å². The maximum atomic E-state index is 10.8. The summed E-state index contributed by atoms with van der Waals surface area (Å²) in [4.78, 5) is 0. The van der Waals surface area contributed by atoms with Gasteiger partial charge in [-0.2, -0.15) is 10.5 Å². The summed E-state index contributed by atoms with van der Waals surface area (Å²) in [5.41, 5.74) is 12.3. The summed E-state index contributed by atoms with van der Waals surface area (Å²) in [5, 5.41) is 25.3. The summed E-state index contributed by atoms with van der Waals surface area (Å²) in [7, 11) is 0. The first kappa shape index (κ1) is 26.5. The zero-order valence-corrected chi connectivity index (χ0v) is 25.3. The highest BCUT2D eigenvalue weighted by molar-refractivity contribution is 6.11. The smallest absolute Gasteiger partial charge is 0.101 e. The summed E-state index contributed by atoms with van der Waals surface area (Å²) >= 11 is 0. The maximum absolute atomic E-state index is 10.8. The first-order chi connectivity index (χ1) is 21.9. The number of hydrogen-bond acceptors (Lipinski definition) is 2. The molecule has 212 valence electrons. The molecule has 4 heteroatoms. The molecular formula is C41H28N4. The topological polar surface area (TPSA) is 57.4 Å². The number of para-hydroxylation sites is 2. The van der Waals surface area contributed by atoms with Crippen molar-refractivity contribution in [3.8, 4) is 34.6 Å². The van der Waals surface area contributed by atoms with Crippen molar-refractivity contribution in [1.82, 2.24) is 9.13 Å². The van der Waals surface area contributed by atoms with Crippen LogP contribution in [0, 0.1) is 43.4 Å². The van der Waals surface area contributed by atoms with E-state index in [2.05, 4.69) is 126 Å². The van der Waals surface area contributed by atoms with Gasteiger partial charge >= 0.3 is 0 Å². The molecule has 0 aliphatic rings. The Labute approximate surface area is 261 Å². The van der Waals surface area contributed by atoms with Crippen molar-refractivity contribution in [3.05, 3.63) is 143 Å². The van der Waals surface area contributed by atoms with Crippen LogP contribution in [0.3, 0.4) is 0 Å². The summed E-state index contributed by atoms with van der Waals surface area (Å²) < 4.78 is 4.50. The van der Waals surface area contributed by atoms with Gasteiger partial charge in [0.1, 0.15) is 6.07 Å². The third-order valence-electron chi connectivity index (χ3n) is 8.89. The van der Waals surface area contributed by atoms with Gasteiger partial charge in [-0.1, -0.05) is 66.7 Å². The van der Waals surface area contributed by atoms with E-state index in [4.69, 9.17) is 0 Å². The average Bonchev–Trinajstić information content (AvgIpc) is 3.55. The monoisotopic (exact) mass is 576 g/mol. The van der Waals surface area contributed by atoms with Gasteiger partial charge in [-0.05, 0) is 91.6 Å². The SMILES string of the molecule is Cc1cc(C#N)cc(-c2cc(-n3c4ccccc4c4ccc(C)cc43)c(C#N)cc2-n2c3ccccc3c3ccc(C)cc32)c1. The number of aromatic nitrogens is 2. The van der Waals surface area contributed by atoms with Crippen LogP contribution in [0.1, 0.15) is 27.8 Å². The van der Waals surface area contributed by atoms with Crippen LogP contribution < -0.4 is 0 Å². The van der Waals surface area contributed by atoms with Crippen LogP contribution in [0.2, 0.25) is 0 Å². The molecule has 0 fully saturated rings. The fourth-order valence-electron chi connectivity index (χ4n) is 6.95. The van der Waals surface area contributed by atoms with Gasteiger partial charge in [0.05, 0.1) is 50.6 Å². The minimum Gasteiger partial charge on any atom is -0.309 e. The van der Waals surface area contributed by atoms with E-state index in [1.54, 1.807) is 0 Å². The van der Waals surface area contributed by atoms with E-state index in [9.17, 15) is 10.5 Å². The largest absolute Gasteiger partial charge is 0.309 e. The van der Waals surface area contributed by atoms with E-state index in [0.29, 0.717) is 11.1 Å². The molecule has 0 saturated heterocycles. The predicted molar refractivity (Wildman–Crippen MR) is 184 cm³/mol.